The maximum atomic E-state index is 11.6. The molecule has 1 aromatic carbocycles. The number of nitrogens with one attached hydrogen (secondary N) is 1. The Morgan fingerprint density at radius 1 is 1.31 bits per heavy atom. The van der Waals surface area contributed by atoms with Crippen LogP contribution in [0.2, 0.25) is 0 Å². The Morgan fingerprint density at radius 3 is 2.50 bits per heavy atom. The van der Waals surface area contributed by atoms with E-state index in [0.717, 1.165) is 5.56 Å². The van der Waals surface area contributed by atoms with Gasteiger partial charge >= 0.3 is 0 Å². The number of rotatable bonds is 6. The number of carbonyl (C=O) groups is 1. The van der Waals surface area contributed by atoms with E-state index in [1.807, 2.05) is 6.92 Å². The third-order valence-electron chi connectivity index (χ3n) is 1.88. The predicted molar refractivity (Wildman–Crippen MR) is 58.4 cm³/mol. The van der Waals surface area contributed by atoms with Gasteiger partial charge in [0.2, 0.25) is 6.41 Å². The fourth-order valence-electron chi connectivity index (χ4n) is 1.04. The Kier molecular flexibility index (Phi) is 4.45. The van der Waals surface area contributed by atoms with E-state index in [1.165, 1.54) is 12.1 Å². The van der Waals surface area contributed by atoms with Gasteiger partial charge in [-0.1, -0.05) is 17.7 Å². The van der Waals surface area contributed by atoms with Crippen molar-refractivity contribution in [2.45, 2.75) is 11.8 Å². The van der Waals surface area contributed by atoms with Crippen LogP contribution in [0.1, 0.15) is 5.56 Å². The Morgan fingerprint density at radius 2 is 1.94 bits per heavy atom. The first-order chi connectivity index (χ1) is 7.56. The molecule has 0 spiro atoms. The van der Waals surface area contributed by atoms with Crippen molar-refractivity contribution >= 4 is 16.5 Å². The molecule has 6 heteroatoms. The lowest BCUT2D eigenvalue weighted by atomic mass is 10.2. The van der Waals surface area contributed by atoms with E-state index in [1.54, 1.807) is 12.1 Å². The first-order valence-corrected chi connectivity index (χ1v) is 6.10. The van der Waals surface area contributed by atoms with Gasteiger partial charge in [0.15, 0.2) is 0 Å². The molecule has 16 heavy (non-hydrogen) atoms. The molecule has 88 valence electrons. The highest BCUT2D eigenvalue weighted by molar-refractivity contribution is 7.86. The van der Waals surface area contributed by atoms with Crippen LogP contribution in [0.4, 0.5) is 0 Å². The van der Waals surface area contributed by atoms with E-state index >= 15 is 0 Å². The summed E-state index contributed by atoms with van der Waals surface area (Å²) in [6.07, 6.45) is 0.488. The van der Waals surface area contributed by atoms with Crippen LogP contribution in [0, 0.1) is 6.92 Å². The summed E-state index contributed by atoms with van der Waals surface area (Å²) in [5.74, 6) is 0. The molecule has 5 nitrogen and oxygen atoms in total. The molecule has 0 saturated heterocycles. The Bertz CT molecular complexity index is 438. The molecule has 0 heterocycles. The number of hydrogen-bond donors (Lipinski definition) is 1. The van der Waals surface area contributed by atoms with Crippen LogP contribution in [0.15, 0.2) is 29.2 Å². The minimum atomic E-state index is -3.71. The third kappa shape index (κ3) is 3.63. The molecule has 0 aliphatic carbocycles. The summed E-state index contributed by atoms with van der Waals surface area (Å²) in [5.41, 5.74) is 0.974. The van der Waals surface area contributed by atoms with Crippen LogP contribution in [0.5, 0.6) is 0 Å². The summed E-state index contributed by atoms with van der Waals surface area (Å²) in [4.78, 5) is 10.0. The SMILES string of the molecule is Cc1ccc(S(=O)(=O)OCCNC=O)cc1. The summed E-state index contributed by atoms with van der Waals surface area (Å²) in [6.45, 7) is 1.95. The van der Waals surface area contributed by atoms with Gasteiger partial charge in [-0.05, 0) is 19.1 Å². The number of hydrogen-bond acceptors (Lipinski definition) is 4. The van der Waals surface area contributed by atoms with E-state index in [9.17, 15) is 13.2 Å². The van der Waals surface area contributed by atoms with Crippen LogP contribution >= 0.6 is 0 Å². The standard InChI is InChI=1S/C10H13NO4S/c1-9-2-4-10(5-3-9)16(13,14)15-7-6-11-8-12/h2-5,8H,6-7H2,1H3,(H,11,12). The van der Waals surface area contributed by atoms with Crippen LogP contribution in [-0.2, 0) is 19.1 Å². The van der Waals surface area contributed by atoms with Crippen molar-refractivity contribution in [2.24, 2.45) is 0 Å². The lowest BCUT2D eigenvalue weighted by molar-refractivity contribution is -0.109. The fraction of sp³-hybridized carbons (Fsp3) is 0.300. The van der Waals surface area contributed by atoms with Crippen molar-refractivity contribution in [3.8, 4) is 0 Å². The zero-order chi connectivity index (χ0) is 12.0. The quantitative estimate of drug-likeness (QED) is 0.447. The average molecular weight is 243 g/mol. The zero-order valence-corrected chi connectivity index (χ0v) is 9.66. The molecule has 0 unspecified atom stereocenters. The molecular formula is C10H13NO4S. The molecule has 0 saturated carbocycles. The molecule has 1 N–H and O–H groups in total. The molecule has 1 amide bonds. The van der Waals surface area contributed by atoms with Gasteiger partial charge in [-0.25, -0.2) is 0 Å². The molecule has 0 atom stereocenters. The van der Waals surface area contributed by atoms with Crippen molar-refractivity contribution in [1.82, 2.24) is 5.32 Å². The zero-order valence-electron chi connectivity index (χ0n) is 8.84. The summed E-state index contributed by atoms with van der Waals surface area (Å²) >= 11 is 0. The Hall–Kier alpha value is -1.40. The van der Waals surface area contributed by atoms with Gasteiger partial charge in [0, 0.05) is 6.54 Å². The summed E-state index contributed by atoms with van der Waals surface area (Å²) in [6, 6.07) is 6.36. The van der Waals surface area contributed by atoms with Gasteiger partial charge in [-0.15, -0.1) is 0 Å². The topological polar surface area (TPSA) is 72.5 Å². The molecular weight excluding hydrogens is 230 g/mol. The summed E-state index contributed by atoms with van der Waals surface area (Å²) in [5, 5.41) is 2.31. The number of amides is 1. The molecule has 0 aromatic heterocycles. The van der Waals surface area contributed by atoms with Crippen molar-refractivity contribution in [3.63, 3.8) is 0 Å². The highest BCUT2D eigenvalue weighted by atomic mass is 32.2. The highest BCUT2D eigenvalue weighted by Crippen LogP contribution is 2.12. The summed E-state index contributed by atoms with van der Waals surface area (Å²) < 4.78 is 27.8. The molecule has 1 rings (SSSR count). The maximum absolute atomic E-state index is 11.6. The van der Waals surface area contributed by atoms with E-state index in [-0.39, 0.29) is 18.0 Å². The van der Waals surface area contributed by atoms with Crippen LogP contribution in [-0.4, -0.2) is 28.0 Å². The Labute approximate surface area is 94.6 Å². The molecule has 1 aromatic rings. The lowest BCUT2D eigenvalue weighted by Crippen LogP contribution is -2.19. The molecule has 0 aliphatic heterocycles. The van der Waals surface area contributed by atoms with E-state index < -0.39 is 10.1 Å². The van der Waals surface area contributed by atoms with Crippen molar-refractivity contribution in [1.29, 1.82) is 0 Å². The number of benzene rings is 1. The van der Waals surface area contributed by atoms with Crippen molar-refractivity contribution in [2.75, 3.05) is 13.2 Å². The highest BCUT2D eigenvalue weighted by Gasteiger charge is 2.13. The van der Waals surface area contributed by atoms with Crippen LogP contribution < -0.4 is 5.32 Å². The van der Waals surface area contributed by atoms with Gasteiger partial charge in [-0.2, -0.15) is 8.42 Å². The second-order valence-corrected chi connectivity index (χ2v) is 4.78. The first kappa shape index (κ1) is 12.7. The van der Waals surface area contributed by atoms with E-state index in [2.05, 4.69) is 5.32 Å². The van der Waals surface area contributed by atoms with Crippen molar-refractivity contribution < 1.29 is 17.4 Å². The predicted octanol–water partition coefficient (Wildman–Crippen LogP) is 0.446. The fourth-order valence-corrected chi connectivity index (χ4v) is 1.95. The number of carbonyl (C=O) groups excluding carboxylic acids is 1. The minimum absolute atomic E-state index is 0.0745. The molecule has 0 radical (unpaired) electrons. The first-order valence-electron chi connectivity index (χ1n) is 4.69. The van der Waals surface area contributed by atoms with Gasteiger partial charge in [0.05, 0.1) is 11.5 Å². The third-order valence-corrected chi connectivity index (χ3v) is 3.20. The Balaban J connectivity index is 2.63. The van der Waals surface area contributed by atoms with Gasteiger partial charge < -0.3 is 5.32 Å². The minimum Gasteiger partial charge on any atom is -0.356 e. The normalized spacial score (nSPS) is 11.1. The van der Waals surface area contributed by atoms with Crippen LogP contribution in [0.25, 0.3) is 0 Å². The summed E-state index contributed by atoms with van der Waals surface area (Å²) in [7, 11) is -3.71. The van der Waals surface area contributed by atoms with E-state index in [4.69, 9.17) is 4.18 Å². The molecule has 0 bridgehead atoms. The smallest absolute Gasteiger partial charge is 0.297 e. The van der Waals surface area contributed by atoms with Gasteiger partial charge in [-0.3, -0.25) is 8.98 Å². The lowest BCUT2D eigenvalue weighted by Gasteiger charge is -2.05. The maximum Gasteiger partial charge on any atom is 0.297 e. The van der Waals surface area contributed by atoms with E-state index in [0.29, 0.717) is 6.41 Å². The monoisotopic (exact) mass is 243 g/mol. The van der Waals surface area contributed by atoms with Gasteiger partial charge in [0.1, 0.15) is 0 Å². The second-order valence-electron chi connectivity index (χ2n) is 3.16. The molecule has 0 fully saturated rings. The van der Waals surface area contributed by atoms with Crippen LogP contribution in [0.3, 0.4) is 0 Å². The average Bonchev–Trinajstić information content (AvgIpc) is 2.25. The number of aryl methyl sites for hydroxylation is 1. The largest absolute Gasteiger partial charge is 0.356 e. The van der Waals surface area contributed by atoms with Gasteiger partial charge in [0.25, 0.3) is 10.1 Å². The second kappa shape index (κ2) is 5.62. The molecule has 0 aliphatic rings. The van der Waals surface area contributed by atoms with Crippen molar-refractivity contribution in [3.05, 3.63) is 29.8 Å².